The molecule has 0 radical (unpaired) electrons. The van der Waals surface area contributed by atoms with Crippen molar-refractivity contribution in [3.8, 4) is 0 Å². The molecule has 0 saturated heterocycles. The molecule has 2 N–H and O–H groups in total. The lowest BCUT2D eigenvalue weighted by Gasteiger charge is -2.34. The van der Waals surface area contributed by atoms with E-state index in [-0.39, 0.29) is 12.5 Å². The minimum absolute atomic E-state index is 0.145. The quantitative estimate of drug-likeness (QED) is 0.661. The fourth-order valence-corrected chi connectivity index (χ4v) is 2.44. The van der Waals surface area contributed by atoms with Gasteiger partial charge in [-0.2, -0.15) is 0 Å². The molecule has 0 bridgehead atoms. The molecular formula is C14H27NO3. The zero-order valence-corrected chi connectivity index (χ0v) is 11.7. The van der Waals surface area contributed by atoms with Crippen LogP contribution in [0.3, 0.4) is 0 Å². The molecule has 1 fully saturated rings. The average Bonchev–Trinajstić information content (AvgIpc) is 2.32. The molecule has 106 valence electrons. The van der Waals surface area contributed by atoms with E-state index in [1.807, 2.05) is 6.92 Å². The van der Waals surface area contributed by atoms with Crippen molar-refractivity contribution in [2.24, 2.45) is 11.8 Å². The van der Waals surface area contributed by atoms with Gasteiger partial charge in [-0.1, -0.05) is 13.3 Å². The molecule has 1 unspecified atom stereocenters. The van der Waals surface area contributed by atoms with Gasteiger partial charge in [-0.15, -0.1) is 0 Å². The first-order valence-electron chi connectivity index (χ1n) is 7.18. The van der Waals surface area contributed by atoms with Crippen LogP contribution in [-0.4, -0.2) is 36.9 Å². The van der Waals surface area contributed by atoms with Gasteiger partial charge in [0.05, 0.1) is 6.10 Å². The monoisotopic (exact) mass is 257 g/mol. The highest BCUT2D eigenvalue weighted by molar-refractivity contribution is 5.76. The molecule has 4 heteroatoms. The summed E-state index contributed by atoms with van der Waals surface area (Å²) in [5.41, 5.74) is 0. The summed E-state index contributed by atoms with van der Waals surface area (Å²) in [4.78, 5) is 11.7. The third-order valence-corrected chi connectivity index (χ3v) is 3.77. The number of ether oxygens (including phenoxy) is 1. The maximum absolute atomic E-state index is 11.7. The lowest BCUT2D eigenvalue weighted by molar-refractivity contribution is -0.124. The van der Waals surface area contributed by atoms with Crippen LogP contribution in [0, 0.1) is 11.8 Å². The maximum Gasteiger partial charge on any atom is 0.220 e. The molecule has 4 nitrogen and oxygen atoms in total. The van der Waals surface area contributed by atoms with Crippen LogP contribution in [0.5, 0.6) is 0 Å². The Kier molecular flexibility index (Phi) is 7.28. The zero-order valence-electron chi connectivity index (χ0n) is 11.7. The van der Waals surface area contributed by atoms with Gasteiger partial charge in [0.15, 0.2) is 0 Å². The summed E-state index contributed by atoms with van der Waals surface area (Å²) in [5, 5.41) is 11.9. The summed E-state index contributed by atoms with van der Waals surface area (Å²) in [7, 11) is 0. The van der Waals surface area contributed by atoms with E-state index in [1.54, 1.807) is 0 Å². The van der Waals surface area contributed by atoms with Gasteiger partial charge >= 0.3 is 0 Å². The molecule has 0 aromatic carbocycles. The van der Waals surface area contributed by atoms with E-state index in [9.17, 15) is 4.79 Å². The van der Waals surface area contributed by atoms with Crippen molar-refractivity contribution in [1.29, 1.82) is 0 Å². The van der Waals surface area contributed by atoms with Crippen molar-refractivity contribution in [2.75, 3.05) is 19.8 Å². The summed E-state index contributed by atoms with van der Waals surface area (Å²) >= 11 is 0. The first-order chi connectivity index (χ1) is 8.69. The highest BCUT2D eigenvalue weighted by Gasteiger charge is 2.30. The normalized spacial score (nSPS) is 24.4. The Hall–Kier alpha value is -0.610. The second-order valence-electron chi connectivity index (χ2n) is 5.21. The third-order valence-electron chi connectivity index (χ3n) is 3.77. The van der Waals surface area contributed by atoms with Gasteiger partial charge in [0.1, 0.15) is 0 Å². The van der Waals surface area contributed by atoms with Gasteiger partial charge in [0.2, 0.25) is 5.91 Å². The van der Waals surface area contributed by atoms with Gasteiger partial charge in [-0.3, -0.25) is 4.79 Å². The lowest BCUT2D eigenvalue weighted by Crippen LogP contribution is -2.37. The smallest absolute Gasteiger partial charge is 0.220 e. The van der Waals surface area contributed by atoms with Crippen molar-refractivity contribution in [1.82, 2.24) is 5.32 Å². The first kappa shape index (κ1) is 15.4. The topological polar surface area (TPSA) is 58.6 Å². The van der Waals surface area contributed by atoms with Crippen LogP contribution in [0.1, 0.15) is 46.0 Å². The molecule has 0 aliphatic heterocycles. The van der Waals surface area contributed by atoms with Gasteiger partial charge in [0.25, 0.3) is 0 Å². The summed E-state index contributed by atoms with van der Waals surface area (Å²) < 4.78 is 5.48. The summed E-state index contributed by atoms with van der Waals surface area (Å²) in [5.74, 6) is 1.04. The Labute approximate surface area is 110 Å². The highest BCUT2D eigenvalue weighted by Crippen LogP contribution is 2.32. The predicted octanol–water partition coefficient (Wildman–Crippen LogP) is 1.72. The number of carbonyl (C=O) groups excluding carboxylic acids is 1. The van der Waals surface area contributed by atoms with Crippen molar-refractivity contribution >= 4 is 5.91 Å². The molecule has 18 heavy (non-hydrogen) atoms. The van der Waals surface area contributed by atoms with Crippen molar-refractivity contribution in [3.05, 3.63) is 0 Å². The molecule has 1 amide bonds. The standard InChI is InChI=1S/C14H27NO3/c1-3-11(5-6-16)10-15-14(17)9-12-7-13(8-12)18-4-2/h11-13,16H,3-10H2,1-2H3,(H,15,17). The van der Waals surface area contributed by atoms with Crippen LogP contribution < -0.4 is 5.32 Å². The molecule has 1 saturated carbocycles. The number of rotatable bonds is 9. The number of aliphatic hydroxyl groups is 1. The number of nitrogens with one attached hydrogen (secondary N) is 1. The Morgan fingerprint density at radius 1 is 1.44 bits per heavy atom. The lowest BCUT2D eigenvalue weighted by atomic mass is 9.80. The molecule has 1 aliphatic carbocycles. The van der Waals surface area contributed by atoms with E-state index < -0.39 is 0 Å². The maximum atomic E-state index is 11.7. The van der Waals surface area contributed by atoms with E-state index >= 15 is 0 Å². The van der Waals surface area contributed by atoms with E-state index in [2.05, 4.69) is 12.2 Å². The van der Waals surface area contributed by atoms with E-state index in [0.29, 0.717) is 30.9 Å². The minimum Gasteiger partial charge on any atom is -0.396 e. The van der Waals surface area contributed by atoms with Gasteiger partial charge in [-0.05, 0) is 38.0 Å². The number of aliphatic hydroxyl groups excluding tert-OH is 1. The molecule has 0 spiro atoms. The Morgan fingerprint density at radius 2 is 2.17 bits per heavy atom. The predicted molar refractivity (Wildman–Crippen MR) is 71.2 cm³/mol. The number of carbonyl (C=O) groups is 1. The summed E-state index contributed by atoms with van der Waals surface area (Å²) in [6, 6.07) is 0. The SMILES string of the molecule is CCOC1CC(CC(=O)NCC(CC)CCO)C1. The molecule has 1 rings (SSSR count). The molecule has 1 aliphatic rings. The van der Waals surface area contributed by atoms with Crippen LogP contribution >= 0.6 is 0 Å². The fraction of sp³-hybridized carbons (Fsp3) is 0.929. The van der Waals surface area contributed by atoms with Gasteiger partial charge < -0.3 is 15.2 Å². The van der Waals surface area contributed by atoms with Gasteiger partial charge in [-0.25, -0.2) is 0 Å². The molecule has 0 aromatic heterocycles. The van der Waals surface area contributed by atoms with E-state index in [4.69, 9.17) is 9.84 Å². The van der Waals surface area contributed by atoms with Crippen LogP contribution in [-0.2, 0) is 9.53 Å². The molecule has 1 atom stereocenters. The van der Waals surface area contributed by atoms with Crippen molar-refractivity contribution in [3.63, 3.8) is 0 Å². The number of hydrogen-bond donors (Lipinski definition) is 2. The highest BCUT2D eigenvalue weighted by atomic mass is 16.5. The molecule has 0 heterocycles. The van der Waals surface area contributed by atoms with E-state index in [1.165, 1.54) is 0 Å². The summed E-state index contributed by atoms with van der Waals surface area (Å²) in [6.07, 6.45) is 4.82. The number of hydrogen-bond acceptors (Lipinski definition) is 3. The Morgan fingerprint density at radius 3 is 2.72 bits per heavy atom. The van der Waals surface area contributed by atoms with Crippen LogP contribution in [0.4, 0.5) is 0 Å². The van der Waals surface area contributed by atoms with Crippen LogP contribution in [0.2, 0.25) is 0 Å². The molecular weight excluding hydrogens is 230 g/mol. The zero-order chi connectivity index (χ0) is 13.4. The van der Waals surface area contributed by atoms with E-state index in [0.717, 1.165) is 32.3 Å². The minimum atomic E-state index is 0.145. The number of amides is 1. The fourth-order valence-electron chi connectivity index (χ4n) is 2.44. The second-order valence-corrected chi connectivity index (χ2v) is 5.21. The summed E-state index contributed by atoms with van der Waals surface area (Å²) in [6.45, 7) is 5.75. The Balaban J connectivity index is 2.07. The molecule has 0 aromatic rings. The average molecular weight is 257 g/mol. The third kappa shape index (κ3) is 5.36. The van der Waals surface area contributed by atoms with Crippen LogP contribution in [0.25, 0.3) is 0 Å². The van der Waals surface area contributed by atoms with Crippen molar-refractivity contribution < 1.29 is 14.6 Å². The second kappa shape index (κ2) is 8.48. The van der Waals surface area contributed by atoms with Crippen molar-refractivity contribution in [2.45, 2.75) is 52.1 Å². The first-order valence-corrected chi connectivity index (χ1v) is 7.18. The van der Waals surface area contributed by atoms with Crippen LogP contribution in [0.15, 0.2) is 0 Å². The largest absolute Gasteiger partial charge is 0.396 e. The van der Waals surface area contributed by atoms with Gasteiger partial charge in [0, 0.05) is 26.2 Å². The Bertz CT molecular complexity index is 239.